The highest BCUT2D eigenvalue weighted by Gasteiger charge is 2.33. The van der Waals surface area contributed by atoms with Gasteiger partial charge in [-0.3, -0.25) is 4.79 Å². The standard InChI is InChI=1S/C28H27N5O2S/c1-19-9-11-22(12-10-19)27-29-30-28(32(27)2)36-18-26(34)33-25(21-13-15-23(35-3)16-14-21)17-24(31-33)20-7-5-4-6-8-20/h4-16,25H,17-18H2,1-3H3. The molecule has 0 spiro atoms. The summed E-state index contributed by atoms with van der Waals surface area (Å²) < 4.78 is 7.23. The average Bonchev–Trinajstić information content (AvgIpc) is 3.53. The number of thioether (sulfide) groups is 1. The van der Waals surface area contributed by atoms with Crippen molar-refractivity contribution >= 4 is 23.4 Å². The molecule has 0 saturated heterocycles. The number of ether oxygens (including phenoxy) is 1. The summed E-state index contributed by atoms with van der Waals surface area (Å²) in [7, 11) is 3.56. The largest absolute Gasteiger partial charge is 0.497 e. The first-order valence-corrected chi connectivity index (χ1v) is 12.7. The highest BCUT2D eigenvalue weighted by molar-refractivity contribution is 7.99. The lowest BCUT2D eigenvalue weighted by Crippen LogP contribution is -2.28. The molecule has 1 amide bonds. The van der Waals surface area contributed by atoms with E-state index in [1.54, 1.807) is 12.1 Å². The van der Waals surface area contributed by atoms with Gasteiger partial charge in [-0.05, 0) is 30.2 Å². The first kappa shape index (κ1) is 23.8. The van der Waals surface area contributed by atoms with Gasteiger partial charge in [0, 0.05) is 19.0 Å². The monoisotopic (exact) mass is 497 g/mol. The van der Waals surface area contributed by atoms with Crippen molar-refractivity contribution in [1.29, 1.82) is 0 Å². The van der Waals surface area contributed by atoms with Gasteiger partial charge in [0.25, 0.3) is 5.91 Å². The van der Waals surface area contributed by atoms with E-state index in [4.69, 9.17) is 9.84 Å². The van der Waals surface area contributed by atoms with Crippen LogP contribution in [-0.2, 0) is 11.8 Å². The minimum Gasteiger partial charge on any atom is -0.497 e. The molecular weight excluding hydrogens is 470 g/mol. The van der Waals surface area contributed by atoms with Crippen molar-refractivity contribution < 1.29 is 9.53 Å². The smallest absolute Gasteiger partial charge is 0.253 e. The normalized spacial score (nSPS) is 15.1. The van der Waals surface area contributed by atoms with Crippen molar-refractivity contribution in [2.24, 2.45) is 12.1 Å². The van der Waals surface area contributed by atoms with E-state index in [0.29, 0.717) is 11.6 Å². The highest BCUT2D eigenvalue weighted by Crippen LogP contribution is 2.34. The van der Waals surface area contributed by atoms with Crippen molar-refractivity contribution in [3.8, 4) is 17.1 Å². The lowest BCUT2D eigenvalue weighted by atomic mass is 9.98. The van der Waals surface area contributed by atoms with Crippen LogP contribution >= 0.6 is 11.8 Å². The number of aryl methyl sites for hydroxylation is 1. The fourth-order valence-corrected chi connectivity index (χ4v) is 4.98. The number of hydrazone groups is 1. The van der Waals surface area contributed by atoms with Crippen molar-refractivity contribution in [1.82, 2.24) is 19.8 Å². The van der Waals surface area contributed by atoms with Gasteiger partial charge in [0.2, 0.25) is 0 Å². The zero-order chi connectivity index (χ0) is 25.1. The number of carbonyl (C=O) groups is 1. The quantitative estimate of drug-likeness (QED) is 0.325. The summed E-state index contributed by atoms with van der Waals surface area (Å²) in [4.78, 5) is 13.4. The van der Waals surface area contributed by atoms with Gasteiger partial charge < -0.3 is 9.30 Å². The molecule has 0 bridgehead atoms. The highest BCUT2D eigenvalue weighted by atomic mass is 32.2. The molecule has 0 aliphatic carbocycles. The predicted molar refractivity (Wildman–Crippen MR) is 142 cm³/mol. The lowest BCUT2D eigenvalue weighted by Gasteiger charge is -2.22. The summed E-state index contributed by atoms with van der Waals surface area (Å²) in [5.74, 6) is 1.68. The van der Waals surface area contributed by atoms with Gasteiger partial charge in [-0.2, -0.15) is 5.10 Å². The summed E-state index contributed by atoms with van der Waals surface area (Å²) >= 11 is 1.37. The van der Waals surface area contributed by atoms with Gasteiger partial charge in [-0.25, -0.2) is 5.01 Å². The van der Waals surface area contributed by atoms with E-state index in [-0.39, 0.29) is 17.7 Å². The summed E-state index contributed by atoms with van der Waals surface area (Å²) in [5.41, 5.74) is 5.12. The fourth-order valence-electron chi connectivity index (χ4n) is 4.22. The zero-order valence-corrected chi connectivity index (χ0v) is 21.3. The number of hydrogen-bond acceptors (Lipinski definition) is 6. The number of methoxy groups -OCH3 is 1. The third-order valence-corrected chi connectivity index (χ3v) is 7.25. The molecule has 4 aromatic rings. The third-order valence-electron chi connectivity index (χ3n) is 6.24. The molecule has 7 nitrogen and oxygen atoms in total. The number of amides is 1. The second-order valence-electron chi connectivity index (χ2n) is 8.66. The molecule has 1 aliphatic rings. The Bertz CT molecular complexity index is 1380. The Morgan fingerprint density at radius 1 is 0.972 bits per heavy atom. The van der Waals surface area contributed by atoms with E-state index in [1.165, 1.54) is 17.3 Å². The average molecular weight is 498 g/mol. The van der Waals surface area contributed by atoms with Crippen LogP contribution in [0.3, 0.4) is 0 Å². The van der Waals surface area contributed by atoms with Gasteiger partial charge in [0.15, 0.2) is 11.0 Å². The molecule has 8 heteroatoms. The van der Waals surface area contributed by atoms with Gasteiger partial charge in [-0.15, -0.1) is 10.2 Å². The van der Waals surface area contributed by atoms with Crippen LogP contribution in [-0.4, -0.2) is 44.3 Å². The molecule has 3 aromatic carbocycles. The van der Waals surface area contributed by atoms with Crippen molar-refractivity contribution in [2.45, 2.75) is 24.5 Å². The van der Waals surface area contributed by atoms with Crippen LogP contribution in [0.5, 0.6) is 5.75 Å². The summed E-state index contributed by atoms with van der Waals surface area (Å²) in [5, 5.41) is 15.8. The predicted octanol–water partition coefficient (Wildman–Crippen LogP) is 5.27. The Balaban J connectivity index is 1.36. The minimum absolute atomic E-state index is 0.0772. The topological polar surface area (TPSA) is 72.6 Å². The fraction of sp³-hybridized carbons (Fsp3) is 0.214. The van der Waals surface area contributed by atoms with E-state index in [2.05, 4.69) is 29.3 Å². The van der Waals surface area contributed by atoms with Crippen LogP contribution in [0, 0.1) is 6.92 Å². The number of nitrogens with zero attached hydrogens (tertiary/aromatic N) is 5. The maximum absolute atomic E-state index is 13.4. The summed E-state index contributed by atoms with van der Waals surface area (Å²) in [6.07, 6.45) is 0.647. The molecule has 0 saturated carbocycles. The Hall–Kier alpha value is -3.91. The Morgan fingerprint density at radius 2 is 1.69 bits per heavy atom. The first-order chi connectivity index (χ1) is 17.5. The molecule has 36 heavy (non-hydrogen) atoms. The molecule has 0 fully saturated rings. The summed E-state index contributed by atoms with van der Waals surface area (Å²) in [6.45, 7) is 2.05. The van der Waals surface area contributed by atoms with Crippen molar-refractivity contribution in [3.63, 3.8) is 0 Å². The second-order valence-corrected chi connectivity index (χ2v) is 9.61. The maximum atomic E-state index is 13.4. The molecule has 1 unspecified atom stereocenters. The second kappa shape index (κ2) is 10.4. The van der Waals surface area contributed by atoms with E-state index in [0.717, 1.165) is 34.0 Å². The number of benzene rings is 3. The van der Waals surface area contributed by atoms with Crippen molar-refractivity contribution in [2.75, 3.05) is 12.9 Å². The molecule has 2 heterocycles. The third kappa shape index (κ3) is 4.90. The van der Waals surface area contributed by atoms with Crippen LogP contribution in [0.15, 0.2) is 89.1 Å². The van der Waals surface area contributed by atoms with Gasteiger partial charge in [0.05, 0.1) is 24.6 Å². The molecule has 1 aliphatic heterocycles. The molecule has 0 radical (unpaired) electrons. The number of aromatic nitrogens is 3. The van der Waals surface area contributed by atoms with Crippen LogP contribution in [0.2, 0.25) is 0 Å². The number of rotatable bonds is 7. The lowest BCUT2D eigenvalue weighted by molar-refractivity contribution is -0.130. The van der Waals surface area contributed by atoms with Crippen LogP contribution in [0.4, 0.5) is 0 Å². The summed E-state index contributed by atoms with van der Waals surface area (Å²) in [6, 6.07) is 25.8. The van der Waals surface area contributed by atoms with Gasteiger partial charge >= 0.3 is 0 Å². The van der Waals surface area contributed by atoms with E-state index < -0.39 is 0 Å². The van der Waals surface area contributed by atoms with Gasteiger partial charge in [0.1, 0.15) is 5.75 Å². The molecule has 182 valence electrons. The number of carbonyl (C=O) groups excluding carboxylic acids is 1. The minimum atomic E-state index is -0.179. The SMILES string of the molecule is COc1ccc(C2CC(c3ccccc3)=NN2C(=O)CSc2nnc(-c3ccc(C)cc3)n2C)cc1. The first-order valence-electron chi connectivity index (χ1n) is 11.7. The maximum Gasteiger partial charge on any atom is 0.253 e. The zero-order valence-electron chi connectivity index (χ0n) is 20.5. The number of hydrogen-bond donors (Lipinski definition) is 0. The Labute approximate surface area is 214 Å². The Kier molecular flexibility index (Phi) is 6.86. The molecule has 1 atom stereocenters. The van der Waals surface area contributed by atoms with Crippen molar-refractivity contribution in [3.05, 3.63) is 95.6 Å². The molecule has 5 rings (SSSR count). The van der Waals surface area contributed by atoms with E-state index >= 15 is 0 Å². The van der Waals surface area contributed by atoms with Gasteiger partial charge in [-0.1, -0.05) is 84.1 Å². The Morgan fingerprint density at radius 3 is 2.39 bits per heavy atom. The molecule has 1 aromatic heterocycles. The van der Waals surface area contributed by atoms with Crippen LogP contribution in [0.1, 0.15) is 29.2 Å². The molecular formula is C28H27N5O2S. The van der Waals surface area contributed by atoms with E-state index in [9.17, 15) is 4.79 Å². The van der Waals surface area contributed by atoms with E-state index in [1.807, 2.05) is 78.3 Å². The molecule has 0 N–H and O–H groups in total. The van der Waals surface area contributed by atoms with Crippen LogP contribution in [0.25, 0.3) is 11.4 Å². The van der Waals surface area contributed by atoms with Crippen LogP contribution < -0.4 is 4.74 Å².